The fourth-order valence-corrected chi connectivity index (χ4v) is 2.76. The molecule has 0 saturated carbocycles. The van der Waals surface area contributed by atoms with Crippen molar-refractivity contribution in [3.05, 3.63) is 69.2 Å². The molecule has 2 rings (SSSR count). The van der Waals surface area contributed by atoms with Gasteiger partial charge in [-0.05, 0) is 30.3 Å². The number of nitro benzene ring substituents is 1. The molecular weight excluding hydrogens is 350 g/mol. The van der Waals surface area contributed by atoms with E-state index >= 15 is 0 Å². The molecule has 0 aliphatic heterocycles. The molecule has 0 aliphatic carbocycles. The molecule has 1 amide bonds. The lowest BCUT2D eigenvalue weighted by atomic mass is 10.2. The van der Waals surface area contributed by atoms with Gasteiger partial charge >= 0.3 is 0 Å². The summed E-state index contributed by atoms with van der Waals surface area (Å²) in [7, 11) is 0. The first-order chi connectivity index (χ1) is 11.6. The van der Waals surface area contributed by atoms with Crippen LogP contribution in [0.5, 0.6) is 0 Å². The lowest BCUT2D eigenvalue weighted by Crippen LogP contribution is -2.17. The fraction of sp³-hybridized carbons (Fsp3) is 0.125. The summed E-state index contributed by atoms with van der Waals surface area (Å²) in [6.45, 7) is 0. The number of amides is 1. The third-order valence-electron chi connectivity index (χ3n) is 2.94. The summed E-state index contributed by atoms with van der Waals surface area (Å²) in [5.41, 5.74) is 2.64. The number of nitrogens with zero attached hydrogens (tertiary/aromatic N) is 2. The molecule has 0 radical (unpaired) electrons. The zero-order chi connectivity index (χ0) is 17.4. The van der Waals surface area contributed by atoms with Crippen molar-refractivity contribution in [2.75, 3.05) is 5.75 Å². The number of rotatable bonds is 7. The maximum atomic E-state index is 11.7. The van der Waals surface area contributed by atoms with Crippen LogP contribution in [0.15, 0.2) is 58.5 Å². The SMILES string of the molecule is O=C(CCSc1ccc(Cl)cc1)N/N=C\c1ccccc1[N+](=O)[O-]. The molecule has 0 heterocycles. The van der Waals surface area contributed by atoms with Crippen molar-refractivity contribution in [1.29, 1.82) is 0 Å². The lowest BCUT2D eigenvalue weighted by molar-refractivity contribution is -0.385. The standard InChI is InChI=1S/C16H14ClN3O3S/c17-13-5-7-14(8-6-13)24-10-9-16(21)19-18-11-12-3-1-2-4-15(12)20(22)23/h1-8,11H,9-10H2,(H,19,21)/b18-11-. The van der Waals surface area contributed by atoms with Crippen LogP contribution >= 0.6 is 23.4 Å². The van der Waals surface area contributed by atoms with Gasteiger partial charge in [-0.15, -0.1) is 11.8 Å². The molecule has 0 unspecified atom stereocenters. The van der Waals surface area contributed by atoms with E-state index in [0.29, 0.717) is 16.3 Å². The van der Waals surface area contributed by atoms with Gasteiger partial charge in [-0.1, -0.05) is 23.7 Å². The Balaban J connectivity index is 1.79. The number of hydrazone groups is 1. The van der Waals surface area contributed by atoms with E-state index in [9.17, 15) is 14.9 Å². The summed E-state index contributed by atoms with van der Waals surface area (Å²) in [6, 6.07) is 13.5. The van der Waals surface area contributed by atoms with Gasteiger partial charge < -0.3 is 0 Å². The van der Waals surface area contributed by atoms with Crippen LogP contribution in [0, 0.1) is 10.1 Å². The maximum absolute atomic E-state index is 11.7. The molecule has 2 aromatic carbocycles. The molecular formula is C16H14ClN3O3S. The number of carbonyl (C=O) groups excluding carboxylic acids is 1. The first kappa shape index (κ1) is 18.0. The maximum Gasteiger partial charge on any atom is 0.278 e. The second-order valence-corrected chi connectivity index (χ2v) is 6.27. The van der Waals surface area contributed by atoms with Crippen LogP contribution in [0.4, 0.5) is 5.69 Å². The van der Waals surface area contributed by atoms with Gasteiger partial charge in [-0.2, -0.15) is 5.10 Å². The highest BCUT2D eigenvalue weighted by atomic mass is 35.5. The van der Waals surface area contributed by atoms with Crippen LogP contribution in [0.3, 0.4) is 0 Å². The first-order valence-electron chi connectivity index (χ1n) is 7.00. The van der Waals surface area contributed by atoms with E-state index in [2.05, 4.69) is 10.5 Å². The predicted octanol–water partition coefficient (Wildman–Crippen LogP) is 3.88. The van der Waals surface area contributed by atoms with Gasteiger partial charge in [0.2, 0.25) is 5.91 Å². The average Bonchev–Trinajstić information content (AvgIpc) is 2.57. The number of benzene rings is 2. The van der Waals surface area contributed by atoms with Crippen molar-refractivity contribution >= 4 is 41.2 Å². The number of nitro groups is 1. The smallest absolute Gasteiger partial charge is 0.273 e. The van der Waals surface area contributed by atoms with E-state index in [1.807, 2.05) is 12.1 Å². The van der Waals surface area contributed by atoms with Crippen LogP contribution in [-0.4, -0.2) is 22.8 Å². The van der Waals surface area contributed by atoms with Crippen molar-refractivity contribution in [2.24, 2.45) is 5.10 Å². The van der Waals surface area contributed by atoms with E-state index < -0.39 is 4.92 Å². The Morgan fingerprint density at radius 1 is 1.25 bits per heavy atom. The van der Waals surface area contributed by atoms with Crippen LogP contribution in [0.1, 0.15) is 12.0 Å². The average molecular weight is 364 g/mol. The number of thioether (sulfide) groups is 1. The van der Waals surface area contributed by atoms with Crippen molar-refractivity contribution in [1.82, 2.24) is 5.43 Å². The molecule has 0 spiro atoms. The summed E-state index contributed by atoms with van der Waals surface area (Å²) >= 11 is 7.34. The molecule has 8 heteroatoms. The van der Waals surface area contributed by atoms with E-state index in [4.69, 9.17) is 11.6 Å². The molecule has 0 aromatic heterocycles. The Hall–Kier alpha value is -2.38. The summed E-state index contributed by atoms with van der Waals surface area (Å²) in [5.74, 6) is 0.334. The minimum Gasteiger partial charge on any atom is -0.273 e. The third kappa shape index (κ3) is 5.68. The molecule has 0 bridgehead atoms. The monoisotopic (exact) mass is 363 g/mol. The molecule has 0 aliphatic rings. The number of carbonyl (C=O) groups is 1. The van der Waals surface area contributed by atoms with E-state index in [1.54, 1.807) is 30.3 Å². The highest BCUT2D eigenvalue weighted by Crippen LogP contribution is 2.20. The fourth-order valence-electron chi connectivity index (χ4n) is 1.79. The number of hydrogen-bond acceptors (Lipinski definition) is 5. The van der Waals surface area contributed by atoms with Crippen molar-refractivity contribution in [2.45, 2.75) is 11.3 Å². The number of para-hydroxylation sites is 1. The summed E-state index contributed by atoms with van der Waals surface area (Å²) in [5, 5.41) is 15.3. The van der Waals surface area contributed by atoms with E-state index in [0.717, 1.165) is 4.90 Å². The van der Waals surface area contributed by atoms with Crippen LogP contribution < -0.4 is 5.43 Å². The second-order valence-electron chi connectivity index (χ2n) is 4.66. The van der Waals surface area contributed by atoms with E-state index in [1.165, 1.54) is 24.0 Å². The number of nitrogens with one attached hydrogen (secondary N) is 1. The van der Waals surface area contributed by atoms with Crippen LogP contribution in [0.2, 0.25) is 5.02 Å². The van der Waals surface area contributed by atoms with Gasteiger partial charge in [0.05, 0.1) is 16.7 Å². The summed E-state index contributed by atoms with van der Waals surface area (Å²) in [4.78, 5) is 23.1. The van der Waals surface area contributed by atoms with Crippen molar-refractivity contribution in [3.8, 4) is 0 Å². The van der Waals surface area contributed by atoms with Gasteiger partial charge in [0, 0.05) is 28.2 Å². The molecule has 2 aromatic rings. The zero-order valence-corrected chi connectivity index (χ0v) is 14.1. The normalized spacial score (nSPS) is 10.7. The molecule has 124 valence electrons. The summed E-state index contributed by atoms with van der Waals surface area (Å²) < 4.78 is 0. The minimum absolute atomic E-state index is 0.0613. The van der Waals surface area contributed by atoms with Crippen LogP contribution in [0.25, 0.3) is 0 Å². The lowest BCUT2D eigenvalue weighted by Gasteiger charge is -2.01. The molecule has 0 fully saturated rings. The highest BCUT2D eigenvalue weighted by Gasteiger charge is 2.10. The molecule has 24 heavy (non-hydrogen) atoms. The van der Waals surface area contributed by atoms with Gasteiger partial charge in [-0.3, -0.25) is 14.9 Å². The Morgan fingerprint density at radius 3 is 2.67 bits per heavy atom. The topological polar surface area (TPSA) is 84.6 Å². The highest BCUT2D eigenvalue weighted by molar-refractivity contribution is 7.99. The van der Waals surface area contributed by atoms with Crippen molar-refractivity contribution in [3.63, 3.8) is 0 Å². The molecule has 1 N–H and O–H groups in total. The second kappa shape index (κ2) is 9.05. The van der Waals surface area contributed by atoms with Gasteiger partial charge in [0.25, 0.3) is 5.69 Å². The summed E-state index contributed by atoms with van der Waals surface area (Å²) in [6.07, 6.45) is 1.55. The molecule has 6 nitrogen and oxygen atoms in total. The third-order valence-corrected chi connectivity index (χ3v) is 4.20. The Labute approximate surface area is 148 Å². The predicted molar refractivity (Wildman–Crippen MR) is 95.6 cm³/mol. The Morgan fingerprint density at radius 2 is 1.96 bits per heavy atom. The quantitative estimate of drug-likeness (QED) is 0.350. The molecule has 0 saturated heterocycles. The van der Waals surface area contributed by atoms with Gasteiger partial charge in [0.1, 0.15) is 0 Å². The van der Waals surface area contributed by atoms with Gasteiger partial charge in [0.15, 0.2) is 0 Å². The zero-order valence-electron chi connectivity index (χ0n) is 12.5. The number of hydrogen-bond donors (Lipinski definition) is 1. The number of halogens is 1. The Kier molecular flexibility index (Phi) is 6.77. The van der Waals surface area contributed by atoms with Crippen molar-refractivity contribution < 1.29 is 9.72 Å². The molecule has 0 atom stereocenters. The first-order valence-corrected chi connectivity index (χ1v) is 8.36. The Bertz CT molecular complexity index is 750. The minimum atomic E-state index is -0.494. The van der Waals surface area contributed by atoms with Crippen LogP contribution in [-0.2, 0) is 4.79 Å². The van der Waals surface area contributed by atoms with E-state index in [-0.39, 0.29) is 18.0 Å². The van der Waals surface area contributed by atoms with Gasteiger partial charge in [-0.25, -0.2) is 5.43 Å². The largest absolute Gasteiger partial charge is 0.278 e.